The standard InChI is InChI=1S/C25H34N2O2/c1-25(2,3)21-10-6-18(7-11-21)8-13-24(28)26-22-12-9-20-14-19(17-29-5)16-27(4)23(20)15-22/h6-7,9-12,15,19H,8,13-14,16-17H2,1-5H3,(H,26,28). The third kappa shape index (κ3) is 5.60. The van der Waals surface area contributed by atoms with E-state index in [1.54, 1.807) is 7.11 Å². The number of carbonyl (C=O) groups is 1. The van der Waals surface area contributed by atoms with E-state index in [1.807, 2.05) is 6.07 Å². The number of ether oxygens (including phenoxy) is 1. The van der Waals surface area contributed by atoms with Crippen molar-refractivity contribution < 1.29 is 9.53 Å². The van der Waals surface area contributed by atoms with Gasteiger partial charge < -0.3 is 15.0 Å². The summed E-state index contributed by atoms with van der Waals surface area (Å²) in [6, 6.07) is 14.9. The van der Waals surface area contributed by atoms with Gasteiger partial charge in [0.1, 0.15) is 0 Å². The minimum Gasteiger partial charge on any atom is -0.384 e. The molecule has 0 aromatic heterocycles. The number of anilines is 2. The largest absolute Gasteiger partial charge is 0.384 e. The monoisotopic (exact) mass is 394 g/mol. The van der Waals surface area contributed by atoms with E-state index in [9.17, 15) is 4.79 Å². The van der Waals surface area contributed by atoms with E-state index in [0.717, 1.165) is 31.7 Å². The maximum Gasteiger partial charge on any atom is 0.224 e. The van der Waals surface area contributed by atoms with Crippen LogP contribution in [0.4, 0.5) is 11.4 Å². The van der Waals surface area contributed by atoms with E-state index in [0.29, 0.717) is 12.3 Å². The number of hydrogen-bond acceptors (Lipinski definition) is 3. The Bertz CT molecular complexity index is 837. The SMILES string of the molecule is COCC1Cc2ccc(NC(=O)CCc3ccc(C(C)(C)C)cc3)cc2N(C)C1. The summed E-state index contributed by atoms with van der Waals surface area (Å²) < 4.78 is 5.32. The molecule has 0 fully saturated rings. The first-order valence-corrected chi connectivity index (χ1v) is 10.5. The molecule has 1 unspecified atom stereocenters. The second-order valence-corrected chi connectivity index (χ2v) is 9.24. The van der Waals surface area contributed by atoms with E-state index in [2.05, 4.69) is 74.4 Å². The number of hydrogen-bond donors (Lipinski definition) is 1. The molecule has 0 saturated carbocycles. The van der Waals surface area contributed by atoms with Gasteiger partial charge in [0, 0.05) is 44.4 Å². The van der Waals surface area contributed by atoms with Crippen molar-refractivity contribution in [1.29, 1.82) is 0 Å². The average molecular weight is 395 g/mol. The van der Waals surface area contributed by atoms with E-state index in [1.165, 1.54) is 22.4 Å². The van der Waals surface area contributed by atoms with Gasteiger partial charge in [0.15, 0.2) is 0 Å². The Morgan fingerprint density at radius 3 is 2.55 bits per heavy atom. The maximum absolute atomic E-state index is 12.5. The number of aryl methyl sites for hydroxylation is 1. The van der Waals surface area contributed by atoms with Gasteiger partial charge in [-0.25, -0.2) is 0 Å². The van der Waals surface area contributed by atoms with Crippen molar-refractivity contribution in [2.75, 3.05) is 37.5 Å². The number of amides is 1. The van der Waals surface area contributed by atoms with Gasteiger partial charge in [0.25, 0.3) is 0 Å². The molecule has 4 nitrogen and oxygen atoms in total. The van der Waals surface area contributed by atoms with Crippen molar-refractivity contribution in [2.45, 2.75) is 45.4 Å². The van der Waals surface area contributed by atoms with Crippen LogP contribution in [0.3, 0.4) is 0 Å². The molecule has 1 amide bonds. The van der Waals surface area contributed by atoms with E-state index < -0.39 is 0 Å². The number of fused-ring (bicyclic) bond motifs is 1. The minimum absolute atomic E-state index is 0.0561. The number of benzene rings is 2. The van der Waals surface area contributed by atoms with Crippen LogP contribution in [0.2, 0.25) is 0 Å². The molecule has 1 atom stereocenters. The number of nitrogens with zero attached hydrogens (tertiary/aromatic N) is 1. The molecule has 1 aliphatic rings. The zero-order valence-corrected chi connectivity index (χ0v) is 18.4. The molecule has 156 valence electrons. The fourth-order valence-corrected chi connectivity index (χ4v) is 4.03. The third-order valence-electron chi connectivity index (χ3n) is 5.68. The summed E-state index contributed by atoms with van der Waals surface area (Å²) in [6.07, 6.45) is 2.25. The predicted molar refractivity (Wildman–Crippen MR) is 121 cm³/mol. The van der Waals surface area contributed by atoms with Crippen LogP contribution in [0.25, 0.3) is 0 Å². The van der Waals surface area contributed by atoms with Crippen LogP contribution in [0.5, 0.6) is 0 Å². The van der Waals surface area contributed by atoms with Crippen LogP contribution in [0.15, 0.2) is 42.5 Å². The molecule has 0 saturated heterocycles. The lowest BCUT2D eigenvalue weighted by atomic mass is 9.86. The summed E-state index contributed by atoms with van der Waals surface area (Å²) >= 11 is 0. The van der Waals surface area contributed by atoms with Gasteiger partial charge in [-0.05, 0) is 47.1 Å². The van der Waals surface area contributed by atoms with Crippen molar-refractivity contribution in [1.82, 2.24) is 0 Å². The lowest BCUT2D eigenvalue weighted by Crippen LogP contribution is -2.34. The summed E-state index contributed by atoms with van der Waals surface area (Å²) in [5, 5.41) is 3.06. The van der Waals surface area contributed by atoms with E-state index in [-0.39, 0.29) is 11.3 Å². The topological polar surface area (TPSA) is 41.6 Å². The lowest BCUT2D eigenvalue weighted by molar-refractivity contribution is -0.116. The molecule has 3 rings (SSSR count). The van der Waals surface area contributed by atoms with Crippen LogP contribution in [-0.2, 0) is 27.8 Å². The van der Waals surface area contributed by atoms with Gasteiger partial charge in [-0.15, -0.1) is 0 Å². The lowest BCUT2D eigenvalue weighted by Gasteiger charge is -2.33. The third-order valence-corrected chi connectivity index (χ3v) is 5.68. The van der Waals surface area contributed by atoms with Crippen LogP contribution in [0.1, 0.15) is 43.9 Å². The maximum atomic E-state index is 12.5. The molecule has 29 heavy (non-hydrogen) atoms. The highest BCUT2D eigenvalue weighted by atomic mass is 16.5. The van der Waals surface area contributed by atoms with Crippen LogP contribution < -0.4 is 10.2 Å². The first kappa shape index (κ1) is 21.4. The van der Waals surface area contributed by atoms with Gasteiger partial charge >= 0.3 is 0 Å². The van der Waals surface area contributed by atoms with Gasteiger partial charge in [-0.2, -0.15) is 0 Å². The molecule has 0 radical (unpaired) electrons. The summed E-state index contributed by atoms with van der Waals surface area (Å²) in [4.78, 5) is 14.7. The van der Waals surface area contributed by atoms with Gasteiger partial charge in [0.05, 0.1) is 6.61 Å². The van der Waals surface area contributed by atoms with Crippen LogP contribution in [-0.4, -0.2) is 33.2 Å². The van der Waals surface area contributed by atoms with Crippen molar-refractivity contribution in [3.63, 3.8) is 0 Å². The fourth-order valence-electron chi connectivity index (χ4n) is 4.03. The highest BCUT2D eigenvalue weighted by Crippen LogP contribution is 2.31. The fraction of sp³-hybridized carbons (Fsp3) is 0.480. The van der Waals surface area contributed by atoms with Crippen LogP contribution in [0, 0.1) is 5.92 Å². The zero-order valence-electron chi connectivity index (χ0n) is 18.4. The quantitative estimate of drug-likeness (QED) is 0.764. The van der Waals surface area contributed by atoms with E-state index >= 15 is 0 Å². The molecule has 4 heteroatoms. The Kier molecular flexibility index (Phi) is 6.63. The highest BCUT2D eigenvalue weighted by molar-refractivity contribution is 5.91. The number of methoxy groups -OCH3 is 1. The highest BCUT2D eigenvalue weighted by Gasteiger charge is 2.22. The summed E-state index contributed by atoms with van der Waals surface area (Å²) in [7, 11) is 3.86. The second-order valence-electron chi connectivity index (χ2n) is 9.24. The summed E-state index contributed by atoms with van der Waals surface area (Å²) in [6.45, 7) is 8.39. The smallest absolute Gasteiger partial charge is 0.224 e. The Hall–Kier alpha value is -2.33. The summed E-state index contributed by atoms with van der Waals surface area (Å²) in [5.74, 6) is 0.572. The summed E-state index contributed by atoms with van der Waals surface area (Å²) in [5.41, 5.74) is 6.05. The molecule has 0 aliphatic carbocycles. The Morgan fingerprint density at radius 1 is 1.17 bits per heavy atom. The van der Waals surface area contributed by atoms with Crippen LogP contribution >= 0.6 is 0 Å². The number of rotatable bonds is 6. The molecular formula is C25H34N2O2. The van der Waals surface area contributed by atoms with E-state index in [4.69, 9.17) is 4.74 Å². The van der Waals surface area contributed by atoms with Gasteiger partial charge in [-0.3, -0.25) is 4.79 Å². The average Bonchev–Trinajstić information content (AvgIpc) is 2.67. The minimum atomic E-state index is 0.0561. The van der Waals surface area contributed by atoms with Gasteiger partial charge in [0.2, 0.25) is 5.91 Å². The number of carbonyl (C=O) groups excluding carboxylic acids is 1. The Balaban J connectivity index is 1.57. The predicted octanol–water partition coefficient (Wildman–Crippen LogP) is 4.81. The normalized spacial score (nSPS) is 16.4. The Labute approximate surface area is 175 Å². The molecule has 0 bridgehead atoms. The zero-order chi connectivity index (χ0) is 21.0. The van der Waals surface area contributed by atoms with Gasteiger partial charge in [-0.1, -0.05) is 51.1 Å². The molecule has 2 aromatic rings. The molecule has 2 aromatic carbocycles. The second kappa shape index (κ2) is 9.00. The molecule has 1 N–H and O–H groups in total. The molecular weight excluding hydrogens is 360 g/mol. The number of nitrogens with one attached hydrogen (secondary N) is 1. The van der Waals surface area contributed by atoms with Crippen molar-refractivity contribution in [3.05, 3.63) is 59.2 Å². The molecule has 1 heterocycles. The first-order valence-electron chi connectivity index (χ1n) is 10.5. The van der Waals surface area contributed by atoms with Crippen molar-refractivity contribution in [3.8, 4) is 0 Å². The molecule has 1 aliphatic heterocycles. The molecule has 0 spiro atoms. The van der Waals surface area contributed by atoms with Crippen molar-refractivity contribution in [2.24, 2.45) is 5.92 Å². The van der Waals surface area contributed by atoms with Crippen molar-refractivity contribution >= 4 is 17.3 Å². The Morgan fingerprint density at radius 2 is 1.90 bits per heavy atom. The first-order chi connectivity index (χ1) is 13.8.